The van der Waals surface area contributed by atoms with Crippen LogP contribution in [0.1, 0.15) is 17.2 Å². The second kappa shape index (κ2) is 9.11. The molecule has 0 saturated carbocycles. The molecule has 6 rings (SSSR count). The predicted octanol–water partition coefficient (Wildman–Crippen LogP) is 3.62. The van der Waals surface area contributed by atoms with Gasteiger partial charge in [-0.05, 0) is 65.0 Å². The Morgan fingerprint density at radius 1 is 1.00 bits per heavy atom. The molecule has 3 heterocycles. The smallest absolute Gasteiger partial charge is 0.262 e. The number of fused-ring (bicyclic) bond motifs is 9. The highest BCUT2D eigenvalue weighted by molar-refractivity contribution is 5.94. The summed E-state index contributed by atoms with van der Waals surface area (Å²) in [6, 6.07) is 21.4. The van der Waals surface area contributed by atoms with Crippen LogP contribution >= 0.6 is 0 Å². The molecule has 8 heteroatoms. The van der Waals surface area contributed by atoms with Crippen molar-refractivity contribution in [2.24, 2.45) is 0 Å². The molecule has 8 nitrogen and oxygen atoms in total. The zero-order valence-corrected chi connectivity index (χ0v) is 18.2. The van der Waals surface area contributed by atoms with Crippen molar-refractivity contribution in [2.45, 2.75) is 12.6 Å². The highest BCUT2D eigenvalue weighted by Crippen LogP contribution is 2.27. The van der Waals surface area contributed by atoms with Gasteiger partial charge in [0.1, 0.15) is 17.6 Å². The first-order chi connectivity index (χ1) is 16.5. The second-order valence-electron chi connectivity index (χ2n) is 8.03. The van der Waals surface area contributed by atoms with Gasteiger partial charge in [0.15, 0.2) is 6.61 Å². The first kappa shape index (κ1) is 21.3. The van der Waals surface area contributed by atoms with E-state index in [0.717, 1.165) is 27.6 Å². The highest BCUT2D eigenvalue weighted by atomic mass is 16.5. The maximum absolute atomic E-state index is 13.3. The number of hydrogen-bond acceptors (Lipinski definition) is 6. The maximum Gasteiger partial charge on any atom is 0.262 e. The quantitative estimate of drug-likeness (QED) is 0.368. The Labute approximate surface area is 196 Å². The molecular weight excluding hydrogens is 430 g/mol. The standard InChI is InChI=1S/C26H23N5O3/c27-25-22-9-6-20(13-18(22)10-11-28-25)31-24-17-4-7-21(8-5-17)34-15-23(32)30-19-3-1-2-16(12-19)14-29-26(24)33/h1-13,24,31H,14-15H2,(H2,27,28)(H,29,33)(H,30,32). The maximum atomic E-state index is 13.3. The van der Waals surface area contributed by atoms with Crippen LogP contribution in [-0.4, -0.2) is 23.4 Å². The number of nitrogens with zero attached hydrogens (tertiary/aromatic N) is 1. The van der Waals surface area contributed by atoms with Crippen LogP contribution in [-0.2, 0) is 16.1 Å². The number of nitrogen functional groups attached to an aromatic ring is 1. The van der Waals surface area contributed by atoms with E-state index in [1.807, 2.05) is 54.6 Å². The van der Waals surface area contributed by atoms with Crippen molar-refractivity contribution >= 4 is 39.8 Å². The number of hydrogen-bond donors (Lipinski definition) is 4. The molecule has 1 aromatic heterocycles. The van der Waals surface area contributed by atoms with E-state index in [4.69, 9.17) is 10.5 Å². The van der Waals surface area contributed by atoms with Gasteiger partial charge in [0.25, 0.3) is 5.91 Å². The molecule has 4 aromatic rings. The number of benzene rings is 3. The van der Waals surface area contributed by atoms with Crippen LogP contribution in [0.5, 0.6) is 5.75 Å². The summed E-state index contributed by atoms with van der Waals surface area (Å²) in [5, 5.41) is 10.9. The van der Waals surface area contributed by atoms with Crippen molar-refractivity contribution < 1.29 is 14.3 Å². The summed E-state index contributed by atoms with van der Waals surface area (Å²) in [4.78, 5) is 29.7. The molecule has 0 aliphatic carbocycles. The molecule has 5 N–H and O–H groups in total. The summed E-state index contributed by atoms with van der Waals surface area (Å²) in [6.07, 6.45) is 1.66. The topological polar surface area (TPSA) is 118 Å². The van der Waals surface area contributed by atoms with Crippen LogP contribution in [0.2, 0.25) is 0 Å². The van der Waals surface area contributed by atoms with E-state index in [9.17, 15) is 9.59 Å². The van der Waals surface area contributed by atoms with Crippen LogP contribution < -0.4 is 26.4 Å². The Bertz CT molecular complexity index is 1370. The SMILES string of the molecule is Nc1nccc2cc(NC3C(=O)NCc4cccc(c4)NC(=O)COc4ccc3cc4)ccc12. The lowest BCUT2D eigenvalue weighted by Crippen LogP contribution is -2.33. The number of nitrogens with one attached hydrogen (secondary N) is 3. The Kier molecular flexibility index (Phi) is 5.70. The van der Waals surface area contributed by atoms with Crippen LogP contribution in [0.15, 0.2) is 79.0 Å². The molecule has 1 atom stereocenters. The van der Waals surface area contributed by atoms with Gasteiger partial charge in [0.05, 0.1) is 0 Å². The summed E-state index contributed by atoms with van der Waals surface area (Å²) in [7, 11) is 0. The number of anilines is 3. The largest absolute Gasteiger partial charge is 0.484 e. The van der Waals surface area contributed by atoms with Gasteiger partial charge in [-0.1, -0.05) is 24.3 Å². The number of amides is 2. The number of rotatable bonds is 2. The van der Waals surface area contributed by atoms with Crippen molar-refractivity contribution in [1.29, 1.82) is 0 Å². The fourth-order valence-corrected chi connectivity index (χ4v) is 3.91. The lowest BCUT2D eigenvalue weighted by Gasteiger charge is -2.21. The normalized spacial score (nSPS) is 16.1. The third kappa shape index (κ3) is 4.61. The Morgan fingerprint density at radius 2 is 1.85 bits per heavy atom. The van der Waals surface area contributed by atoms with E-state index < -0.39 is 6.04 Å². The van der Waals surface area contributed by atoms with Crippen molar-refractivity contribution in [3.8, 4) is 5.75 Å². The van der Waals surface area contributed by atoms with Crippen LogP contribution in [0.25, 0.3) is 10.8 Å². The van der Waals surface area contributed by atoms with Crippen molar-refractivity contribution in [3.05, 3.63) is 90.1 Å². The van der Waals surface area contributed by atoms with Crippen LogP contribution in [0.4, 0.5) is 17.2 Å². The van der Waals surface area contributed by atoms with Gasteiger partial charge in [-0.15, -0.1) is 0 Å². The first-order valence-electron chi connectivity index (χ1n) is 10.9. The van der Waals surface area contributed by atoms with E-state index in [-0.39, 0.29) is 18.4 Å². The molecule has 2 amide bonds. The molecule has 170 valence electrons. The van der Waals surface area contributed by atoms with Gasteiger partial charge in [0, 0.05) is 29.5 Å². The summed E-state index contributed by atoms with van der Waals surface area (Å²) in [5.74, 6) is 0.552. The lowest BCUT2D eigenvalue weighted by molar-refractivity contribution is -0.122. The third-order valence-electron chi connectivity index (χ3n) is 5.63. The highest BCUT2D eigenvalue weighted by Gasteiger charge is 2.21. The molecule has 2 aliphatic heterocycles. The van der Waals surface area contributed by atoms with E-state index in [1.54, 1.807) is 24.4 Å². The minimum absolute atomic E-state index is 0.114. The van der Waals surface area contributed by atoms with Gasteiger partial charge in [-0.25, -0.2) is 4.98 Å². The minimum atomic E-state index is -0.654. The number of pyridine rings is 1. The van der Waals surface area contributed by atoms with Crippen LogP contribution in [0.3, 0.4) is 0 Å². The van der Waals surface area contributed by atoms with Gasteiger partial charge in [0.2, 0.25) is 5.91 Å². The summed E-state index contributed by atoms with van der Waals surface area (Å²) in [5.41, 5.74) is 9.01. The van der Waals surface area contributed by atoms with Gasteiger partial charge in [-0.3, -0.25) is 9.59 Å². The number of nitrogens with two attached hydrogens (primary N) is 1. The minimum Gasteiger partial charge on any atom is -0.484 e. The molecule has 0 fully saturated rings. The van der Waals surface area contributed by atoms with Gasteiger partial charge >= 0.3 is 0 Å². The molecule has 0 saturated heterocycles. The molecule has 34 heavy (non-hydrogen) atoms. The summed E-state index contributed by atoms with van der Waals surface area (Å²) >= 11 is 0. The average Bonchev–Trinajstić information content (AvgIpc) is 2.85. The fraction of sp³-hybridized carbons (Fsp3) is 0.115. The number of carbonyl (C=O) groups is 2. The number of ether oxygens (including phenoxy) is 1. The zero-order valence-electron chi connectivity index (χ0n) is 18.2. The zero-order chi connectivity index (χ0) is 23.5. The second-order valence-corrected chi connectivity index (χ2v) is 8.03. The molecule has 1 unspecified atom stereocenters. The predicted molar refractivity (Wildman–Crippen MR) is 131 cm³/mol. The first-order valence-corrected chi connectivity index (χ1v) is 10.9. The Hall–Kier alpha value is -4.59. The molecule has 3 aromatic carbocycles. The van der Waals surface area contributed by atoms with E-state index in [0.29, 0.717) is 23.8 Å². The van der Waals surface area contributed by atoms with Crippen molar-refractivity contribution in [2.75, 3.05) is 23.0 Å². The molecular formula is C26H23N5O3. The van der Waals surface area contributed by atoms with Crippen molar-refractivity contribution in [3.63, 3.8) is 0 Å². The monoisotopic (exact) mass is 453 g/mol. The summed E-state index contributed by atoms with van der Waals surface area (Å²) < 4.78 is 5.61. The van der Waals surface area contributed by atoms with E-state index in [2.05, 4.69) is 20.9 Å². The molecule has 0 spiro atoms. The van der Waals surface area contributed by atoms with Gasteiger partial charge in [-0.2, -0.15) is 0 Å². The average molecular weight is 454 g/mol. The molecule has 4 bridgehead atoms. The van der Waals surface area contributed by atoms with Gasteiger partial charge < -0.3 is 26.4 Å². The summed E-state index contributed by atoms with van der Waals surface area (Å²) in [6.45, 7) is 0.201. The number of aromatic nitrogens is 1. The Morgan fingerprint density at radius 3 is 2.71 bits per heavy atom. The molecule has 2 aliphatic rings. The Balaban J connectivity index is 1.47. The van der Waals surface area contributed by atoms with Crippen LogP contribution in [0, 0.1) is 0 Å². The lowest BCUT2D eigenvalue weighted by atomic mass is 10.0. The van der Waals surface area contributed by atoms with Crippen molar-refractivity contribution in [1.82, 2.24) is 10.3 Å². The van der Waals surface area contributed by atoms with E-state index >= 15 is 0 Å². The third-order valence-corrected chi connectivity index (χ3v) is 5.63. The van der Waals surface area contributed by atoms with E-state index in [1.165, 1.54) is 0 Å². The number of carbonyl (C=O) groups excluding carboxylic acids is 2. The molecule has 0 radical (unpaired) electrons. The fourth-order valence-electron chi connectivity index (χ4n) is 3.91.